The Morgan fingerprint density at radius 2 is 2.12 bits per heavy atom. The number of epoxide rings is 1. The Labute approximate surface area is 144 Å². The van der Waals surface area contributed by atoms with Crippen LogP contribution in [0.4, 0.5) is 0 Å². The SMILES string of the molecule is CCCCC/C=C\C[C@H]1C=CC(=O)/C1=C\C1OC1CCCC(=O)O. The van der Waals surface area contributed by atoms with E-state index < -0.39 is 5.97 Å². The Balaban J connectivity index is 1.76. The van der Waals surface area contributed by atoms with Gasteiger partial charge in [0.05, 0.1) is 6.10 Å². The van der Waals surface area contributed by atoms with Crippen LogP contribution in [0.25, 0.3) is 0 Å². The lowest BCUT2D eigenvalue weighted by Crippen LogP contribution is -2.05. The average molecular weight is 332 g/mol. The number of carboxylic acid groups (broad SMARTS) is 1. The molecular weight excluding hydrogens is 304 g/mol. The first-order chi connectivity index (χ1) is 11.6. The second-order valence-electron chi connectivity index (χ2n) is 6.58. The lowest BCUT2D eigenvalue weighted by atomic mass is 9.96. The van der Waals surface area contributed by atoms with Gasteiger partial charge in [0.25, 0.3) is 0 Å². The highest BCUT2D eigenvalue weighted by molar-refractivity contribution is 6.07. The van der Waals surface area contributed by atoms with Crippen molar-refractivity contribution in [2.45, 2.75) is 70.5 Å². The van der Waals surface area contributed by atoms with Crippen molar-refractivity contribution in [1.29, 1.82) is 0 Å². The van der Waals surface area contributed by atoms with Crippen molar-refractivity contribution >= 4 is 11.8 Å². The summed E-state index contributed by atoms with van der Waals surface area (Å²) >= 11 is 0. The molecule has 24 heavy (non-hydrogen) atoms. The smallest absolute Gasteiger partial charge is 0.303 e. The molecule has 2 aliphatic rings. The first kappa shape index (κ1) is 18.7. The van der Waals surface area contributed by atoms with Gasteiger partial charge in [-0.15, -0.1) is 0 Å². The summed E-state index contributed by atoms with van der Waals surface area (Å²) in [6.07, 6.45) is 17.3. The molecule has 1 saturated heterocycles. The molecule has 1 N–H and O–H groups in total. The van der Waals surface area contributed by atoms with Gasteiger partial charge < -0.3 is 9.84 Å². The number of allylic oxidation sites excluding steroid dienone is 5. The molecule has 0 radical (unpaired) electrons. The van der Waals surface area contributed by atoms with Crippen LogP contribution < -0.4 is 0 Å². The summed E-state index contributed by atoms with van der Waals surface area (Å²) in [5.74, 6) is -0.533. The summed E-state index contributed by atoms with van der Waals surface area (Å²) < 4.78 is 5.56. The number of carbonyl (C=O) groups is 2. The van der Waals surface area contributed by atoms with Gasteiger partial charge in [-0.2, -0.15) is 0 Å². The van der Waals surface area contributed by atoms with E-state index >= 15 is 0 Å². The maximum atomic E-state index is 12.0. The number of hydrogen-bond acceptors (Lipinski definition) is 3. The highest BCUT2D eigenvalue weighted by atomic mass is 16.6. The zero-order valence-corrected chi connectivity index (χ0v) is 14.4. The fourth-order valence-corrected chi connectivity index (χ4v) is 3.04. The van der Waals surface area contributed by atoms with E-state index in [9.17, 15) is 9.59 Å². The van der Waals surface area contributed by atoms with Gasteiger partial charge >= 0.3 is 5.97 Å². The Morgan fingerprint density at radius 1 is 1.29 bits per heavy atom. The van der Waals surface area contributed by atoms with Gasteiger partial charge in [-0.05, 0) is 44.3 Å². The number of carbonyl (C=O) groups excluding carboxylic acids is 1. The monoisotopic (exact) mass is 332 g/mol. The molecule has 1 aliphatic carbocycles. The summed E-state index contributed by atoms with van der Waals surface area (Å²) in [5, 5.41) is 8.65. The second kappa shape index (κ2) is 9.58. The van der Waals surface area contributed by atoms with Crippen molar-refractivity contribution in [3.63, 3.8) is 0 Å². The van der Waals surface area contributed by atoms with Crippen molar-refractivity contribution in [3.8, 4) is 0 Å². The van der Waals surface area contributed by atoms with Crippen molar-refractivity contribution in [2.24, 2.45) is 5.92 Å². The maximum Gasteiger partial charge on any atom is 0.303 e. The zero-order chi connectivity index (χ0) is 17.4. The van der Waals surface area contributed by atoms with E-state index in [2.05, 4.69) is 19.1 Å². The van der Waals surface area contributed by atoms with Crippen molar-refractivity contribution in [2.75, 3.05) is 0 Å². The number of unbranched alkanes of at least 4 members (excludes halogenated alkanes) is 3. The molecule has 4 nitrogen and oxygen atoms in total. The van der Waals surface area contributed by atoms with E-state index in [-0.39, 0.29) is 30.3 Å². The molecule has 0 aromatic heterocycles. The number of aliphatic carboxylic acids is 1. The summed E-state index contributed by atoms with van der Waals surface area (Å²) in [7, 11) is 0. The second-order valence-corrected chi connectivity index (χ2v) is 6.58. The number of carboxylic acids is 1. The van der Waals surface area contributed by atoms with E-state index in [1.165, 1.54) is 19.3 Å². The molecule has 4 heteroatoms. The number of hydrogen-bond donors (Lipinski definition) is 1. The Kier molecular flexibility index (Phi) is 7.44. The van der Waals surface area contributed by atoms with Crippen LogP contribution in [0.1, 0.15) is 58.3 Å². The molecule has 2 rings (SSSR count). The van der Waals surface area contributed by atoms with Crippen LogP contribution in [0.5, 0.6) is 0 Å². The van der Waals surface area contributed by atoms with E-state index in [4.69, 9.17) is 9.84 Å². The Morgan fingerprint density at radius 3 is 2.88 bits per heavy atom. The fourth-order valence-electron chi connectivity index (χ4n) is 3.04. The van der Waals surface area contributed by atoms with Gasteiger partial charge in [-0.1, -0.05) is 38.0 Å². The highest BCUT2D eigenvalue weighted by Gasteiger charge is 2.38. The largest absolute Gasteiger partial charge is 0.481 e. The van der Waals surface area contributed by atoms with Gasteiger partial charge in [-0.25, -0.2) is 0 Å². The number of rotatable bonds is 11. The molecule has 0 aromatic rings. The lowest BCUT2D eigenvalue weighted by Gasteiger charge is -2.06. The normalized spacial score (nSPS) is 27.5. The predicted molar refractivity (Wildman–Crippen MR) is 93.8 cm³/mol. The topological polar surface area (TPSA) is 66.9 Å². The van der Waals surface area contributed by atoms with E-state index in [1.807, 2.05) is 12.2 Å². The summed E-state index contributed by atoms with van der Waals surface area (Å²) in [6.45, 7) is 2.20. The van der Waals surface area contributed by atoms with Crippen LogP contribution in [0, 0.1) is 5.92 Å². The van der Waals surface area contributed by atoms with Crippen LogP contribution in [0.15, 0.2) is 36.0 Å². The molecule has 0 saturated carbocycles. The first-order valence-electron chi connectivity index (χ1n) is 9.08. The quantitative estimate of drug-likeness (QED) is 0.266. The van der Waals surface area contributed by atoms with Crippen LogP contribution in [0.2, 0.25) is 0 Å². The van der Waals surface area contributed by atoms with Gasteiger partial charge in [0.1, 0.15) is 6.10 Å². The molecule has 0 spiro atoms. The summed E-state index contributed by atoms with van der Waals surface area (Å²) in [6, 6.07) is 0. The van der Waals surface area contributed by atoms with Crippen molar-refractivity contribution in [3.05, 3.63) is 36.0 Å². The average Bonchev–Trinajstić information content (AvgIpc) is 3.19. The fraction of sp³-hybridized carbons (Fsp3) is 0.600. The van der Waals surface area contributed by atoms with Gasteiger partial charge in [0, 0.05) is 17.9 Å². The van der Waals surface area contributed by atoms with Gasteiger partial charge in [0.15, 0.2) is 5.78 Å². The van der Waals surface area contributed by atoms with Crippen molar-refractivity contribution in [1.82, 2.24) is 0 Å². The zero-order valence-electron chi connectivity index (χ0n) is 14.4. The number of ether oxygens (including phenoxy) is 1. The van der Waals surface area contributed by atoms with Gasteiger partial charge in [0.2, 0.25) is 0 Å². The Hall–Kier alpha value is -1.68. The predicted octanol–water partition coefficient (Wildman–Crippen LogP) is 4.22. The molecule has 132 valence electrons. The minimum Gasteiger partial charge on any atom is -0.481 e. The standard InChI is InChI=1S/C20H28O4/c1-2-3-4-5-6-7-9-15-12-13-17(21)16(15)14-19-18(24-19)10-8-11-20(22)23/h6-7,12-15,18-19H,2-5,8-11H2,1H3,(H,22,23)/b7-6-,16-14-/t15-,18?,19?/m0/s1. The van der Waals surface area contributed by atoms with Crippen LogP contribution in [-0.4, -0.2) is 29.1 Å². The molecule has 3 atom stereocenters. The molecule has 1 heterocycles. The van der Waals surface area contributed by atoms with E-state index in [0.29, 0.717) is 6.42 Å². The lowest BCUT2D eigenvalue weighted by molar-refractivity contribution is -0.137. The van der Waals surface area contributed by atoms with Crippen LogP contribution in [-0.2, 0) is 14.3 Å². The molecule has 0 aromatic carbocycles. The van der Waals surface area contributed by atoms with E-state index in [1.54, 1.807) is 6.08 Å². The Bertz CT molecular complexity index is 530. The molecule has 0 bridgehead atoms. The minimum atomic E-state index is -0.772. The molecule has 0 amide bonds. The number of ketones is 1. The van der Waals surface area contributed by atoms with Crippen LogP contribution in [0.3, 0.4) is 0 Å². The summed E-state index contributed by atoms with van der Waals surface area (Å²) in [5.41, 5.74) is 0.832. The third kappa shape index (κ3) is 6.08. The summed E-state index contributed by atoms with van der Waals surface area (Å²) in [4.78, 5) is 22.5. The molecule has 1 aliphatic heterocycles. The third-order valence-electron chi connectivity index (χ3n) is 4.54. The molecule has 1 fully saturated rings. The maximum absolute atomic E-state index is 12.0. The van der Waals surface area contributed by atoms with Crippen molar-refractivity contribution < 1.29 is 19.4 Å². The molecule has 2 unspecified atom stereocenters. The highest BCUT2D eigenvalue weighted by Crippen LogP contribution is 2.33. The van der Waals surface area contributed by atoms with E-state index in [0.717, 1.165) is 24.8 Å². The first-order valence-corrected chi connectivity index (χ1v) is 9.08. The minimum absolute atomic E-state index is 0.0197. The molecular formula is C20H28O4. The van der Waals surface area contributed by atoms with Gasteiger partial charge in [-0.3, -0.25) is 9.59 Å². The third-order valence-corrected chi connectivity index (χ3v) is 4.54. The van der Waals surface area contributed by atoms with Crippen LogP contribution >= 0.6 is 0 Å².